The van der Waals surface area contributed by atoms with Crippen molar-refractivity contribution in [2.24, 2.45) is 0 Å². The zero-order valence-electron chi connectivity index (χ0n) is 17.5. The lowest BCUT2D eigenvalue weighted by molar-refractivity contribution is 0.253. The molecule has 3 aromatic rings. The van der Waals surface area contributed by atoms with Crippen LogP contribution in [0.3, 0.4) is 0 Å². The molecular formula is C22H27N3O4S. The Morgan fingerprint density at radius 1 is 1.03 bits per heavy atom. The molecule has 3 rings (SSSR count). The van der Waals surface area contributed by atoms with Crippen LogP contribution in [-0.4, -0.2) is 60.3 Å². The second-order valence-electron chi connectivity index (χ2n) is 6.88. The maximum Gasteiger partial charge on any atom is 0.328 e. The molecule has 0 aliphatic heterocycles. The Bertz CT molecular complexity index is 948. The molecule has 0 amide bonds. The minimum absolute atomic E-state index is 0.210. The molecule has 0 atom stereocenters. The number of phenolic OH excluding ortho intramolecular Hbond substituents is 1. The van der Waals surface area contributed by atoms with E-state index in [2.05, 4.69) is 27.4 Å². The molecule has 0 unspecified atom stereocenters. The van der Waals surface area contributed by atoms with Gasteiger partial charge in [0.25, 0.3) is 0 Å². The van der Waals surface area contributed by atoms with Gasteiger partial charge in [-0.15, -0.1) is 4.37 Å². The average Bonchev–Trinajstić information content (AvgIpc) is 3.24. The highest BCUT2D eigenvalue weighted by Crippen LogP contribution is 2.28. The van der Waals surface area contributed by atoms with E-state index in [1.54, 1.807) is 32.4 Å². The lowest BCUT2D eigenvalue weighted by atomic mass is 10.1. The number of aromatic hydroxyl groups is 1. The maximum atomic E-state index is 9.58. The molecule has 0 aliphatic rings. The quantitative estimate of drug-likeness (QED) is 0.464. The molecule has 1 heterocycles. The number of likely N-dealkylation sites (N-methyl/N-ethyl adjacent to an activating group) is 1. The summed E-state index contributed by atoms with van der Waals surface area (Å²) in [4.78, 5) is 6.65. The smallest absolute Gasteiger partial charge is 0.328 e. The van der Waals surface area contributed by atoms with Crippen LogP contribution in [0.15, 0.2) is 42.5 Å². The standard InChI is InChI=1S/C22H27N3O4S/c1-25(12-10-16-8-9-19(27-2)20(14-16)28-3)11-5-13-29-22-23-21(30-24-22)17-6-4-7-18(26)15-17/h4,6-9,14-15,26H,5,10-13H2,1-3H3. The molecule has 30 heavy (non-hydrogen) atoms. The van der Waals surface area contributed by atoms with Crippen molar-refractivity contribution in [1.82, 2.24) is 14.3 Å². The molecule has 0 saturated heterocycles. The zero-order chi connectivity index (χ0) is 21.3. The third-order valence-corrected chi connectivity index (χ3v) is 5.39. The summed E-state index contributed by atoms with van der Waals surface area (Å²) in [6, 6.07) is 13.4. The maximum absolute atomic E-state index is 9.58. The highest BCUT2D eigenvalue weighted by atomic mass is 32.1. The van der Waals surface area contributed by atoms with E-state index in [-0.39, 0.29) is 5.75 Å². The fraction of sp³-hybridized carbons (Fsp3) is 0.364. The van der Waals surface area contributed by atoms with Crippen LogP contribution in [0.5, 0.6) is 23.3 Å². The van der Waals surface area contributed by atoms with Gasteiger partial charge in [-0.1, -0.05) is 18.2 Å². The van der Waals surface area contributed by atoms with Crippen LogP contribution in [0, 0.1) is 0 Å². The molecule has 0 radical (unpaired) electrons. The van der Waals surface area contributed by atoms with Gasteiger partial charge >= 0.3 is 6.01 Å². The second kappa shape index (κ2) is 10.8. The van der Waals surface area contributed by atoms with Crippen molar-refractivity contribution in [3.05, 3.63) is 48.0 Å². The lowest BCUT2D eigenvalue weighted by Crippen LogP contribution is -2.23. The van der Waals surface area contributed by atoms with Crippen LogP contribution in [0.25, 0.3) is 10.6 Å². The molecule has 2 aromatic carbocycles. The number of methoxy groups -OCH3 is 2. The molecule has 0 aliphatic carbocycles. The van der Waals surface area contributed by atoms with E-state index < -0.39 is 0 Å². The molecule has 0 saturated carbocycles. The van der Waals surface area contributed by atoms with Gasteiger partial charge in [-0.25, -0.2) is 0 Å². The van der Waals surface area contributed by atoms with Gasteiger partial charge in [0.05, 0.1) is 20.8 Å². The Hall–Kier alpha value is -2.84. The van der Waals surface area contributed by atoms with Crippen molar-refractivity contribution in [1.29, 1.82) is 0 Å². The molecule has 0 bridgehead atoms. The van der Waals surface area contributed by atoms with E-state index in [1.165, 1.54) is 17.1 Å². The van der Waals surface area contributed by atoms with Crippen LogP contribution in [0.2, 0.25) is 0 Å². The first kappa shape index (κ1) is 21.9. The summed E-state index contributed by atoms with van der Waals surface area (Å²) in [7, 11) is 5.39. The number of aromatic nitrogens is 2. The summed E-state index contributed by atoms with van der Waals surface area (Å²) < 4.78 is 20.6. The van der Waals surface area contributed by atoms with E-state index in [9.17, 15) is 5.11 Å². The predicted molar refractivity (Wildman–Crippen MR) is 118 cm³/mol. The van der Waals surface area contributed by atoms with Gasteiger partial charge in [-0.05, 0) is 61.3 Å². The molecule has 160 valence electrons. The van der Waals surface area contributed by atoms with Crippen molar-refractivity contribution in [2.75, 3.05) is 41.0 Å². The van der Waals surface area contributed by atoms with Crippen molar-refractivity contribution < 1.29 is 19.3 Å². The average molecular weight is 430 g/mol. The summed E-state index contributed by atoms with van der Waals surface area (Å²) in [5, 5.41) is 10.3. The van der Waals surface area contributed by atoms with Crippen LogP contribution in [0.1, 0.15) is 12.0 Å². The van der Waals surface area contributed by atoms with Crippen LogP contribution in [0.4, 0.5) is 0 Å². The van der Waals surface area contributed by atoms with Crippen molar-refractivity contribution >= 4 is 11.5 Å². The first-order valence-corrected chi connectivity index (χ1v) is 10.5. The third kappa shape index (κ3) is 6.08. The zero-order valence-corrected chi connectivity index (χ0v) is 18.3. The first-order valence-electron chi connectivity index (χ1n) is 9.74. The van der Waals surface area contributed by atoms with E-state index in [4.69, 9.17) is 14.2 Å². The Morgan fingerprint density at radius 2 is 1.87 bits per heavy atom. The molecule has 1 N–H and O–H groups in total. The normalized spacial score (nSPS) is 10.9. The molecule has 0 fully saturated rings. The molecular weight excluding hydrogens is 402 g/mol. The molecule has 7 nitrogen and oxygen atoms in total. The molecule has 0 spiro atoms. The van der Waals surface area contributed by atoms with Crippen LogP contribution >= 0.6 is 11.5 Å². The summed E-state index contributed by atoms with van der Waals surface area (Å²) in [6.07, 6.45) is 1.81. The van der Waals surface area contributed by atoms with Crippen LogP contribution < -0.4 is 14.2 Å². The van der Waals surface area contributed by atoms with Crippen molar-refractivity contribution in [3.8, 4) is 33.8 Å². The summed E-state index contributed by atoms with van der Waals surface area (Å²) >= 11 is 1.26. The number of hydrogen-bond donors (Lipinski definition) is 1. The lowest BCUT2D eigenvalue weighted by Gasteiger charge is -2.17. The van der Waals surface area contributed by atoms with Gasteiger partial charge in [-0.2, -0.15) is 4.98 Å². The molecule has 8 heteroatoms. The minimum atomic E-state index is 0.210. The van der Waals surface area contributed by atoms with Gasteiger partial charge in [0, 0.05) is 18.7 Å². The number of phenols is 1. The van der Waals surface area contributed by atoms with E-state index >= 15 is 0 Å². The Morgan fingerprint density at radius 3 is 2.63 bits per heavy atom. The fourth-order valence-electron chi connectivity index (χ4n) is 2.99. The fourth-order valence-corrected chi connectivity index (χ4v) is 3.60. The van der Waals surface area contributed by atoms with Gasteiger partial charge in [0.1, 0.15) is 10.8 Å². The first-order chi connectivity index (χ1) is 14.6. The largest absolute Gasteiger partial charge is 0.508 e. The van der Waals surface area contributed by atoms with Crippen LogP contribution in [-0.2, 0) is 6.42 Å². The van der Waals surface area contributed by atoms with E-state index in [1.807, 2.05) is 18.2 Å². The van der Waals surface area contributed by atoms with Gasteiger partial charge in [0.2, 0.25) is 0 Å². The van der Waals surface area contributed by atoms with Gasteiger partial charge in [0.15, 0.2) is 11.5 Å². The number of rotatable bonds is 11. The van der Waals surface area contributed by atoms with E-state index in [0.717, 1.165) is 48.0 Å². The van der Waals surface area contributed by atoms with Gasteiger partial charge < -0.3 is 24.2 Å². The number of hydrogen-bond acceptors (Lipinski definition) is 8. The topological polar surface area (TPSA) is 76.9 Å². The number of benzene rings is 2. The highest BCUT2D eigenvalue weighted by Gasteiger charge is 2.09. The van der Waals surface area contributed by atoms with E-state index in [0.29, 0.717) is 12.6 Å². The number of ether oxygens (including phenoxy) is 3. The Kier molecular flexibility index (Phi) is 7.87. The predicted octanol–water partition coefficient (Wildman–Crippen LogP) is 3.87. The molecule has 1 aromatic heterocycles. The summed E-state index contributed by atoms with van der Waals surface area (Å²) in [5.74, 6) is 1.71. The SMILES string of the molecule is COc1ccc(CCN(C)CCCOc2nsc(-c3cccc(O)c3)n2)cc1OC. The van der Waals surface area contributed by atoms with Gasteiger partial charge in [-0.3, -0.25) is 0 Å². The third-order valence-electron chi connectivity index (χ3n) is 4.65. The van der Waals surface area contributed by atoms with Crippen molar-refractivity contribution in [2.45, 2.75) is 12.8 Å². The number of nitrogens with zero attached hydrogens (tertiary/aromatic N) is 3. The minimum Gasteiger partial charge on any atom is -0.508 e. The summed E-state index contributed by atoms with van der Waals surface area (Å²) in [5.41, 5.74) is 2.04. The highest BCUT2D eigenvalue weighted by molar-refractivity contribution is 7.09. The Balaban J connectivity index is 1.38. The second-order valence-corrected chi connectivity index (χ2v) is 7.63. The summed E-state index contributed by atoms with van der Waals surface area (Å²) in [6.45, 7) is 2.40. The van der Waals surface area contributed by atoms with Crippen molar-refractivity contribution in [3.63, 3.8) is 0 Å². The monoisotopic (exact) mass is 429 g/mol. The Labute approximate surface area is 181 Å².